The van der Waals surface area contributed by atoms with Crippen molar-refractivity contribution in [3.05, 3.63) is 30.3 Å². The summed E-state index contributed by atoms with van der Waals surface area (Å²) in [5.74, 6) is 1.30. The predicted octanol–water partition coefficient (Wildman–Crippen LogP) is 2.41. The second-order valence-electron chi connectivity index (χ2n) is 4.07. The molecule has 1 aromatic rings. The molecular weight excluding hydrogens is 214 g/mol. The Morgan fingerprint density at radius 3 is 2.35 bits per heavy atom. The number of nitrogens with one attached hydrogen (secondary N) is 1. The molecule has 0 amide bonds. The number of benzene rings is 1. The first-order valence-electron chi connectivity index (χ1n) is 6.07. The zero-order valence-corrected chi connectivity index (χ0v) is 10.6. The number of hydrogen-bond acceptors (Lipinski definition) is 3. The molecule has 3 heteroatoms. The van der Waals surface area contributed by atoms with Crippen LogP contribution in [0.2, 0.25) is 0 Å². The van der Waals surface area contributed by atoms with Gasteiger partial charge in [0.2, 0.25) is 0 Å². The molecule has 1 fully saturated rings. The highest BCUT2D eigenvalue weighted by atomic mass is 16.5. The van der Waals surface area contributed by atoms with Crippen molar-refractivity contribution >= 4 is 5.78 Å². The summed E-state index contributed by atoms with van der Waals surface area (Å²) in [7, 11) is 3.52. The van der Waals surface area contributed by atoms with Gasteiger partial charge in [-0.3, -0.25) is 4.79 Å². The van der Waals surface area contributed by atoms with Crippen LogP contribution in [0.3, 0.4) is 0 Å². The molecule has 0 heterocycles. The lowest BCUT2D eigenvalue weighted by atomic mass is 9.94. The molecule has 1 aliphatic rings. The SMILES string of the molecule is CNC1CCCCC1=O.COc1ccccc1. The van der Waals surface area contributed by atoms with Gasteiger partial charge in [-0.25, -0.2) is 0 Å². The van der Waals surface area contributed by atoms with E-state index in [0.29, 0.717) is 5.78 Å². The Morgan fingerprint density at radius 1 is 1.24 bits per heavy atom. The van der Waals surface area contributed by atoms with E-state index in [1.807, 2.05) is 37.4 Å². The highest BCUT2D eigenvalue weighted by Gasteiger charge is 2.19. The number of carbonyl (C=O) groups is 1. The van der Waals surface area contributed by atoms with Gasteiger partial charge in [-0.05, 0) is 32.0 Å². The maximum absolute atomic E-state index is 11.0. The van der Waals surface area contributed by atoms with Crippen LogP contribution in [0.5, 0.6) is 5.75 Å². The highest BCUT2D eigenvalue weighted by Crippen LogP contribution is 2.13. The summed E-state index contributed by atoms with van der Waals surface area (Å²) in [4.78, 5) is 11.0. The zero-order chi connectivity index (χ0) is 12.5. The van der Waals surface area contributed by atoms with Crippen LogP contribution in [0, 0.1) is 0 Å². The van der Waals surface area contributed by atoms with E-state index in [0.717, 1.165) is 25.0 Å². The molecule has 1 aromatic carbocycles. The van der Waals surface area contributed by atoms with Crippen molar-refractivity contribution in [2.45, 2.75) is 31.7 Å². The van der Waals surface area contributed by atoms with Crippen molar-refractivity contribution in [1.82, 2.24) is 5.32 Å². The van der Waals surface area contributed by atoms with E-state index in [1.54, 1.807) is 7.11 Å². The predicted molar refractivity (Wildman–Crippen MR) is 69.3 cm³/mol. The third-order valence-electron chi connectivity index (χ3n) is 2.88. The fourth-order valence-electron chi connectivity index (χ4n) is 1.84. The lowest BCUT2D eigenvalue weighted by Crippen LogP contribution is -2.36. The van der Waals surface area contributed by atoms with E-state index in [1.165, 1.54) is 6.42 Å². The summed E-state index contributed by atoms with van der Waals surface area (Å²) in [6.07, 6.45) is 4.12. The van der Waals surface area contributed by atoms with Gasteiger partial charge in [0.1, 0.15) is 11.5 Å². The van der Waals surface area contributed by atoms with Gasteiger partial charge in [-0.1, -0.05) is 24.6 Å². The summed E-state index contributed by atoms with van der Waals surface area (Å²) in [6.45, 7) is 0. The number of carbonyl (C=O) groups excluding carboxylic acids is 1. The van der Waals surface area contributed by atoms with E-state index >= 15 is 0 Å². The molecule has 0 saturated heterocycles. The second-order valence-corrected chi connectivity index (χ2v) is 4.07. The maximum Gasteiger partial charge on any atom is 0.149 e. The first kappa shape index (κ1) is 13.7. The number of methoxy groups -OCH3 is 1. The molecule has 2 rings (SSSR count). The van der Waals surface area contributed by atoms with Crippen LogP contribution in [0.4, 0.5) is 0 Å². The minimum atomic E-state index is 0.166. The highest BCUT2D eigenvalue weighted by molar-refractivity contribution is 5.84. The maximum atomic E-state index is 11.0. The number of likely N-dealkylation sites (N-methyl/N-ethyl adjacent to an activating group) is 1. The molecule has 1 atom stereocenters. The Kier molecular flexibility index (Phi) is 6.33. The third kappa shape index (κ3) is 5.00. The molecule has 0 radical (unpaired) electrons. The molecule has 17 heavy (non-hydrogen) atoms. The Labute approximate surface area is 103 Å². The average molecular weight is 235 g/mol. The number of ketones is 1. The van der Waals surface area contributed by atoms with Gasteiger partial charge in [0.05, 0.1) is 13.2 Å². The Hall–Kier alpha value is -1.35. The summed E-state index contributed by atoms with van der Waals surface area (Å²) >= 11 is 0. The largest absolute Gasteiger partial charge is 0.497 e. The van der Waals surface area contributed by atoms with Gasteiger partial charge in [0.15, 0.2) is 0 Å². The monoisotopic (exact) mass is 235 g/mol. The Bertz CT molecular complexity index is 324. The Balaban J connectivity index is 0.000000171. The summed E-state index contributed by atoms with van der Waals surface area (Å²) in [5, 5.41) is 3.00. The van der Waals surface area contributed by atoms with E-state index in [2.05, 4.69) is 5.32 Å². The molecule has 0 aliphatic heterocycles. The molecule has 1 N–H and O–H groups in total. The van der Waals surface area contributed by atoms with Crippen LogP contribution in [-0.4, -0.2) is 26.0 Å². The van der Waals surface area contributed by atoms with Crippen LogP contribution in [0.25, 0.3) is 0 Å². The lowest BCUT2D eigenvalue weighted by Gasteiger charge is -2.18. The zero-order valence-electron chi connectivity index (χ0n) is 10.6. The molecule has 1 unspecified atom stereocenters. The minimum Gasteiger partial charge on any atom is -0.497 e. The third-order valence-corrected chi connectivity index (χ3v) is 2.88. The number of para-hydroxylation sites is 1. The van der Waals surface area contributed by atoms with Crippen molar-refractivity contribution in [3.8, 4) is 5.75 Å². The van der Waals surface area contributed by atoms with Crippen molar-refractivity contribution in [2.24, 2.45) is 0 Å². The average Bonchev–Trinajstić information content (AvgIpc) is 2.41. The van der Waals surface area contributed by atoms with Gasteiger partial charge in [0, 0.05) is 6.42 Å². The normalized spacial score (nSPS) is 19.2. The molecular formula is C14H21NO2. The number of rotatable bonds is 2. The van der Waals surface area contributed by atoms with Crippen molar-refractivity contribution in [3.63, 3.8) is 0 Å². The molecule has 0 spiro atoms. The fourth-order valence-corrected chi connectivity index (χ4v) is 1.84. The van der Waals surface area contributed by atoms with Gasteiger partial charge in [-0.15, -0.1) is 0 Å². The van der Waals surface area contributed by atoms with Crippen LogP contribution in [0.1, 0.15) is 25.7 Å². The topological polar surface area (TPSA) is 38.3 Å². The molecule has 0 bridgehead atoms. The van der Waals surface area contributed by atoms with Gasteiger partial charge in [-0.2, -0.15) is 0 Å². The number of ether oxygens (including phenoxy) is 1. The van der Waals surface area contributed by atoms with Crippen molar-refractivity contribution in [1.29, 1.82) is 0 Å². The molecule has 1 aliphatic carbocycles. The summed E-state index contributed by atoms with van der Waals surface area (Å²) in [5.41, 5.74) is 0. The summed E-state index contributed by atoms with van der Waals surface area (Å²) in [6, 6.07) is 9.85. The van der Waals surface area contributed by atoms with Crippen molar-refractivity contribution < 1.29 is 9.53 Å². The minimum absolute atomic E-state index is 0.166. The summed E-state index contributed by atoms with van der Waals surface area (Å²) < 4.78 is 4.91. The van der Waals surface area contributed by atoms with E-state index in [4.69, 9.17) is 4.74 Å². The standard InChI is InChI=1S/C7H13NO.C7H8O/c1-8-6-4-2-3-5-7(6)9;1-8-7-5-3-2-4-6-7/h6,8H,2-5H2,1H3;2-6H,1H3. The van der Waals surface area contributed by atoms with Gasteiger partial charge in [0.25, 0.3) is 0 Å². The first-order valence-corrected chi connectivity index (χ1v) is 6.07. The smallest absolute Gasteiger partial charge is 0.149 e. The lowest BCUT2D eigenvalue weighted by molar-refractivity contribution is -0.122. The molecule has 1 saturated carbocycles. The van der Waals surface area contributed by atoms with Crippen LogP contribution >= 0.6 is 0 Å². The Morgan fingerprint density at radius 2 is 1.94 bits per heavy atom. The second kappa shape index (κ2) is 7.85. The van der Waals surface area contributed by atoms with Gasteiger partial charge >= 0.3 is 0 Å². The number of Topliss-reactive ketones (excluding diaryl/α,β-unsaturated/α-hetero) is 1. The van der Waals surface area contributed by atoms with Crippen molar-refractivity contribution in [2.75, 3.05) is 14.2 Å². The molecule has 0 aromatic heterocycles. The van der Waals surface area contributed by atoms with E-state index in [9.17, 15) is 4.79 Å². The molecule has 3 nitrogen and oxygen atoms in total. The van der Waals surface area contributed by atoms with E-state index in [-0.39, 0.29) is 6.04 Å². The van der Waals surface area contributed by atoms with Crippen LogP contribution in [0.15, 0.2) is 30.3 Å². The van der Waals surface area contributed by atoms with Crippen LogP contribution in [-0.2, 0) is 4.79 Å². The number of hydrogen-bond donors (Lipinski definition) is 1. The van der Waals surface area contributed by atoms with Gasteiger partial charge < -0.3 is 10.1 Å². The first-order chi connectivity index (χ1) is 8.27. The van der Waals surface area contributed by atoms with Crippen LogP contribution < -0.4 is 10.1 Å². The fraction of sp³-hybridized carbons (Fsp3) is 0.500. The van der Waals surface area contributed by atoms with E-state index < -0.39 is 0 Å². The molecule has 94 valence electrons. The quantitative estimate of drug-likeness (QED) is 0.855.